The summed E-state index contributed by atoms with van der Waals surface area (Å²) in [5.41, 5.74) is 0.725. The highest BCUT2D eigenvalue weighted by atomic mass is 16.5. The van der Waals surface area contributed by atoms with Crippen LogP contribution in [0, 0.1) is 11.3 Å². The van der Waals surface area contributed by atoms with Gasteiger partial charge in [-0.25, -0.2) is 0 Å². The number of carbonyl (C=O) groups excluding carboxylic acids is 1. The highest BCUT2D eigenvalue weighted by molar-refractivity contribution is 5.95. The van der Waals surface area contributed by atoms with Crippen molar-refractivity contribution in [1.29, 1.82) is 5.26 Å². The van der Waals surface area contributed by atoms with Crippen molar-refractivity contribution in [2.24, 2.45) is 0 Å². The van der Waals surface area contributed by atoms with E-state index in [9.17, 15) is 14.7 Å². The zero-order valence-corrected chi connectivity index (χ0v) is 14.6. The molecule has 8 heteroatoms. The molecule has 1 aliphatic heterocycles. The number of nitrogens with one attached hydrogen (secondary N) is 2. The van der Waals surface area contributed by atoms with E-state index in [-0.39, 0.29) is 6.42 Å². The Hall–Kier alpha value is -2.47. The van der Waals surface area contributed by atoms with Crippen LogP contribution in [0.2, 0.25) is 0 Å². The number of carboxylic acid groups (broad SMARTS) is 1. The molecular formula is C18H24N4O4. The zero-order chi connectivity index (χ0) is 18.8. The number of amides is 1. The van der Waals surface area contributed by atoms with Gasteiger partial charge in [0.05, 0.1) is 30.9 Å². The molecule has 0 bridgehead atoms. The summed E-state index contributed by atoms with van der Waals surface area (Å²) in [5, 5.41) is 23.9. The van der Waals surface area contributed by atoms with Crippen molar-refractivity contribution in [3.05, 3.63) is 29.8 Å². The van der Waals surface area contributed by atoms with Gasteiger partial charge in [0.1, 0.15) is 12.1 Å². The third kappa shape index (κ3) is 6.44. The van der Waals surface area contributed by atoms with Gasteiger partial charge in [0.2, 0.25) is 5.91 Å². The molecule has 0 radical (unpaired) electrons. The fourth-order valence-corrected chi connectivity index (χ4v) is 2.73. The minimum Gasteiger partial charge on any atom is -0.480 e. The van der Waals surface area contributed by atoms with Gasteiger partial charge >= 0.3 is 5.97 Å². The molecule has 26 heavy (non-hydrogen) atoms. The predicted octanol–water partition coefficient (Wildman–Crippen LogP) is 0.652. The standard InChI is InChI=1S/C18H24N4O4/c19-13-14-4-1-2-5-15(14)21-17(23)12-16(18(24)25)20-6-3-7-22-8-10-26-11-9-22/h1-2,4-5,16,20H,3,6-12H2,(H,21,23)(H,24,25)/t16-/m0/s1. The number of para-hydroxylation sites is 1. The second kappa shape index (κ2) is 10.5. The van der Waals surface area contributed by atoms with Crippen molar-refractivity contribution < 1.29 is 19.4 Å². The number of hydrogen-bond donors (Lipinski definition) is 3. The number of carbonyl (C=O) groups is 2. The molecule has 1 aliphatic rings. The molecule has 1 atom stereocenters. The fraction of sp³-hybridized carbons (Fsp3) is 0.500. The topological polar surface area (TPSA) is 115 Å². The van der Waals surface area contributed by atoms with E-state index in [1.165, 1.54) is 0 Å². The maximum absolute atomic E-state index is 12.1. The van der Waals surface area contributed by atoms with Crippen LogP contribution in [0.4, 0.5) is 5.69 Å². The lowest BCUT2D eigenvalue weighted by atomic mass is 10.1. The first-order chi connectivity index (χ1) is 12.6. The number of carboxylic acids is 1. The van der Waals surface area contributed by atoms with Gasteiger partial charge in [-0.2, -0.15) is 5.26 Å². The maximum Gasteiger partial charge on any atom is 0.321 e. The molecule has 8 nitrogen and oxygen atoms in total. The van der Waals surface area contributed by atoms with E-state index in [4.69, 9.17) is 10.00 Å². The summed E-state index contributed by atoms with van der Waals surface area (Å²) in [4.78, 5) is 25.8. The van der Waals surface area contributed by atoms with E-state index in [2.05, 4.69) is 15.5 Å². The van der Waals surface area contributed by atoms with Gasteiger partial charge in [-0.05, 0) is 31.6 Å². The number of nitriles is 1. The largest absolute Gasteiger partial charge is 0.480 e. The van der Waals surface area contributed by atoms with E-state index in [0.717, 1.165) is 39.3 Å². The Kier molecular flexibility index (Phi) is 8.02. The number of morpholine rings is 1. The van der Waals surface area contributed by atoms with Gasteiger partial charge in [0.15, 0.2) is 0 Å². The van der Waals surface area contributed by atoms with Crippen molar-refractivity contribution in [1.82, 2.24) is 10.2 Å². The summed E-state index contributed by atoms with van der Waals surface area (Å²) in [7, 11) is 0. The highest BCUT2D eigenvalue weighted by Crippen LogP contribution is 2.14. The molecule has 0 unspecified atom stereocenters. The number of anilines is 1. The van der Waals surface area contributed by atoms with E-state index >= 15 is 0 Å². The lowest BCUT2D eigenvalue weighted by molar-refractivity contribution is -0.141. The molecule has 3 N–H and O–H groups in total. The van der Waals surface area contributed by atoms with Crippen LogP contribution in [0.25, 0.3) is 0 Å². The predicted molar refractivity (Wildman–Crippen MR) is 95.7 cm³/mol. The summed E-state index contributed by atoms with van der Waals surface area (Å²) in [6, 6.07) is 7.63. The van der Waals surface area contributed by atoms with Crippen LogP contribution in [-0.4, -0.2) is 67.3 Å². The Labute approximate surface area is 152 Å². The average Bonchev–Trinajstić information content (AvgIpc) is 2.65. The highest BCUT2D eigenvalue weighted by Gasteiger charge is 2.21. The minimum absolute atomic E-state index is 0.202. The fourth-order valence-electron chi connectivity index (χ4n) is 2.73. The third-order valence-corrected chi connectivity index (χ3v) is 4.15. The van der Waals surface area contributed by atoms with Crippen LogP contribution in [0.5, 0.6) is 0 Å². The molecule has 2 rings (SSSR count). The first kappa shape index (κ1) is 19.8. The molecule has 1 aromatic carbocycles. The van der Waals surface area contributed by atoms with Crippen LogP contribution >= 0.6 is 0 Å². The second-order valence-corrected chi connectivity index (χ2v) is 6.06. The van der Waals surface area contributed by atoms with E-state index in [1.54, 1.807) is 24.3 Å². The van der Waals surface area contributed by atoms with Crippen LogP contribution in [-0.2, 0) is 14.3 Å². The Bertz CT molecular complexity index is 653. The summed E-state index contributed by atoms with van der Waals surface area (Å²) in [6.07, 6.45) is 0.593. The lowest BCUT2D eigenvalue weighted by Crippen LogP contribution is -2.42. The normalized spacial score (nSPS) is 15.8. The third-order valence-electron chi connectivity index (χ3n) is 4.15. The van der Waals surface area contributed by atoms with Crippen molar-refractivity contribution in [2.45, 2.75) is 18.9 Å². The molecule has 1 fully saturated rings. The van der Waals surface area contributed by atoms with Gasteiger partial charge in [-0.3, -0.25) is 14.5 Å². The molecule has 0 saturated carbocycles. The summed E-state index contributed by atoms with van der Waals surface area (Å²) in [5.74, 6) is -1.51. The quantitative estimate of drug-likeness (QED) is 0.554. The van der Waals surface area contributed by atoms with Gasteiger partial charge in [-0.15, -0.1) is 0 Å². The van der Waals surface area contributed by atoms with Crippen molar-refractivity contribution >= 4 is 17.6 Å². The number of aliphatic carboxylic acids is 1. The van der Waals surface area contributed by atoms with Crippen LogP contribution < -0.4 is 10.6 Å². The smallest absolute Gasteiger partial charge is 0.321 e. The van der Waals surface area contributed by atoms with Crippen LogP contribution in [0.1, 0.15) is 18.4 Å². The molecule has 0 aromatic heterocycles. The lowest BCUT2D eigenvalue weighted by Gasteiger charge is -2.26. The van der Waals surface area contributed by atoms with Gasteiger partial charge in [-0.1, -0.05) is 12.1 Å². The Balaban J connectivity index is 1.76. The van der Waals surface area contributed by atoms with E-state index in [1.807, 2.05) is 6.07 Å². The molecule has 1 aromatic rings. The van der Waals surface area contributed by atoms with Gasteiger partial charge in [0.25, 0.3) is 0 Å². The van der Waals surface area contributed by atoms with E-state index < -0.39 is 17.9 Å². The first-order valence-electron chi connectivity index (χ1n) is 8.65. The Morgan fingerprint density at radius 3 is 2.73 bits per heavy atom. The Morgan fingerprint density at radius 1 is 1.31 bits per heavy atom. The molecule has 1 saturated heterocycles. The maximum atomic E-state index is 12.1. The number of nitrogens with zero attached hydrogens (tertiary/aromatic N) is 2. The molecule has 1 heterocycles. The molecule has 0 spiro atoms. The minimum atomic E-state index is -1.07. The SMILES string of the molecule is N#Cc1ccccc1NC(=O)C[C@H](NCCCN1CCOCC1)C(=O)O. The van der Waals surface area contributed by atoms with E-state index in [0.29, 0.717) is 17.8 Å². The summed E-state index contributed by atoms with van der Waals surface area (Å²) >= 11 is 0. The first-order valence-corrected chi connectivity index (χ1v) is 8.65. The number of rotatable bonds is 9. The van der Waals surface area contributed by atoms with Crippen molar-refractivity contribution in [3.63, 3.8) is 0 Å². The van der Waals surface area contributed by atoms with Crippen molar-refractivity contribution in [3.8, 4) is 6.07 Å². The Morgan fingerprint density at radius 2 is 2.04 bits per heavy atom. The van der Waals surface area contributed by atoms with Gasteiger partial charge < -0.3 is 20.5 Å². The van der Waals surface area contributed by atoms with Gasteiger partial charge in [0, 0.05) is 13.1 Å². The molecule has 0 aliphatic carbocycles. The molecular weight excluding hydrogens is 336 g/mol. The number of benzene rings is 1. The number of hydrogen-bond acceptors (Lipinski definition) is 6. The molecule has 140 valence electrons. The number of ether oxygens (including phenoxy) is 1. The molecule has 1 amide bonds. The van der Waals surface area contributed by atoms with Crippen LogP contribution in [0.3, 0.4) is 0 Å². The van der Waals surface area contributed by atoms with Crippen LogP contribution in [0.15, 0.2) is 24.3 Å². The summed E-state index contributed by atoms with van der Waals surface area (Å²) in [6.45, 7) is 4.62. The zero-order valence-electron chi connectivity index (χ0n) is 14.6. The second-order valence-electron chi connectivity index (χ2n) is 6.06. The average molecular weight is 360 g/mol. The summed E-state index contributed by atoms with van der Waals surface area (Å²) < 4.78 is 5.29. The monoisotopic (exact) mass is 360 g/mol. The van der Waals surface area contributed by atoms with Crippen molar-refractivity contribution in [2.75, 3.05) is 44.7 Å².